The van der Waals surface area contributed by atoms with E-state index in [1.165, 1.54) is 11.3 Å². The molecule has 0 spiro atoms. The Kier molecular flexibility index (Phi) is 5.06. The summed E-state index contributed by atoms with van der Waals surface area (Å²) in [6, 6.07) is 1.90. The van der Waals surface area contributed by atoms with Crippen molar-refractivity contribution < 1.29 is 9.90 Å². The summed E-state index contributed by atoms with van der Waals surface area (Å²) in [7, 11) is 1.88. The van der Waals surface area contributed by atoms with Gasteiger partial charge < -0.3 is 10.4 Å². The minimum atomic E-state index is -0.0712. The van der Waals surface area contributed by atoms with Gasteiger partial charge >= 0.3 is 0 Å². The van der Waals surface area contributed by atoms with E-state index in [1.54, 1.807) is 16.4 Å². The number of rotatable bonds is 6. The first kappa shape index (κ1) is 15.3. The monoisotopic (exact) mass is 313 g/mol. The number of carbonyl (C=O) groups excluding carboxylic acids is 1. The molecular weight excluding hydrogens is 294 g/mol. The Morgan fingerprint density at radius 2 is 2.40 bits per heavy atom. The van der Waals surface area contributed by atoms with Crippen LogP contribution >= 0.6 is 23.1 Å². The van der Waals surface area contributed by atoms with Crippen molar-refractivity contribution in [2.45, 2.75) is 19.4 Å². The van der Waals surface area contributed by atoms with E-state index in [0.717, 1.165) is 21.7 Å². The Morgan fingerprint density at radius 1 is 1.65 bits per heavy atom. The molecule has 1 unspecified atom stereocenters. The SMILES string of the molecule is CSCC(CCO)NC(=O)c1cc2c(C)nn(C)c2s1. The molecule has 1 amide bonds. The van der Waals surface area contributed by atoms with Gasteiger partial charge in [-0.25, -0.2) is 0 Å². The van der Waals surface area contributed by atoms with Crippen LogP contribution in [-0.4, -0.2) is 45.5 Å². The zero-order valence-electron chi connectivity index (χ0n) is 11.8. The predicted octanol–water partition coefficient (Wildman–Crippen LogP) is 1.79. The Bertz CT molecular complexity index is 566. The lowest BCUT2D eigenvalue weighted by atomic mass is 10.2. The third kappa shape index (κ3) is 3.16. The summed E-state index contributed by atoms with van der Waals surface area (Å²) in [6.45, 7) is 2.03. The molecule has 5 nitrogen and oxygen atoms in total. The van der Waals surface area contributed by atoms with E-state index in [4.69, 9.17) is 5.11 Å². The van der Waals surface area contributed by atoms with Gasteiger partial charge in [-0.05, 0) is 25.7 Å². The van der Waals surface area contributed by atoms with Crippen LogP contribution in [0.2, 0.25) is 0 Å². The summed E-state index contributed by atoms with van der Waals surface area (Å²) in [5.74, 6) is 0.732. The summed E-state index contributed by atoms with van der Waals surface area (Å²) in [6.07, 6.45) is 2.57. The van der Waals surface area contributed by atoms with Gasteiger partial charge in [-0.15, -0.1) is 11.3 Å². The second-order valence-electron chi connectivity index (χ2n) is 4.68. The molecular formula is C13H19N3O2S2. The molecule has 0 radical (unpaired) electrons. The summed E-state index contributed by atoms with van der Waals surface area (Å²) in [4.78, 5) is 14.0. The van der Waals surface area contributed by atoms with Crippen LogP contribution in [0.4, 0.5) is 0 Å². The van der Waals surface area contributed by atoms with Crippen LogP contribution in [0.5, 0.6) is 0 Å². The Hall–Kier alpha value is -1.05. The standard InChI is InChI=1S/C13H19N3O2S2/c1-8-10-6-11(20-13(10)16(2)15-8)12(18)14-9(4-5-17)7-19-3/h6,9,17H,4-5,7H2,1-3H3,(H,14,18). The van der Waals surface area contributed by atoms with Crippen LogP contribution in [-0.2, 0) is 7.05 Å². The van der Waals surface area contributed by atoms with Crippen LogP contribution in [0.3, 0.4) is 0 Å². The van der Waals surface area contributed by atoms with Gasteiger partial charge in [0.1, 0.15) is 4.83 Å². The molecule has 2 N–H and O–H groups in total. The van der Waals surface area contributed by atoms with E-state index in [2.05, 4.69) is 10.4 Å². The molecule has 2 aromatic heterocycles. The summed E-state index contributed by atoms with van der Waals surface area (Å²) in [5, 5.41) is 17.4. The van der Waals surface area contributed by atoms with Crippen molar-refractivity contribution in [3.05, 3.63) is 16.6 Å². The molecule has 0 saturated heterocycles. The highest BCUT2D eigenvalue weighted by atomic mass is 32.2. The topological polar surface area (TPSA) is 67.2 Å². The lowest BCUT2D eigenvalue weighted by Gasteiger charge is -2.15. The zero-order chi connectivity index (χ0) is 14.7. The van der Waals surface area contributed by atoms with Crippen LogP contribution < -0.4 is 5.32 Å². The number of hydrogen-bond acceptors (Lipinski definition) is 5. The molecule has 2 rings (SSSR count). The van der Waals surface area contributed by atoms with Crippen LogP contribution in [0, 0.1) is 6.92 Å². The van der Waals surface area contributed by atoms with Gasteiger partial charge in [0.25, 0.3) is 5.91 Å². The molecule has 0 saturated carbocycles. The van der Waals surface area contributed by atoms with Gasteiger partial charge in [-0.1, -0.05) is 0 Å². The number of nitrogens with one attached hydrogen (secondary N) is 1. The first-order chi connectivity index (χ1) is 9.56. The molecule has 0 aliphatic heterocycles. The maximum Gasteiger partial charge on any atom is 0.261 e. The van der Waals surface area contributed by atoms with Crippen LogP contribution in [0.25, 0.3) is 10.2 Å². The minimum Gasteiger partial charge on any atom is -0.396 e. The molecule has 2 aromatic rings. The van der Waals surface area contributed by atoms with Crippen molar-refractivity contribution in [2.75, 3.05) is 18.6 Å². The Balaban J connectivity index is 2.16. The third-order valence-corrected chi connectivity index (χ3v) is 5.04. The maximum absolute atomic E-state index is 12.3. The Morgan fingerprint density at radius 3 is 3.00 bits per heavy atom. The molecule has 110 valence electrons. The normalized spacial score (nSPS) is 12.8. The number of thioether (sulfide) groups is 1. The van der Waals surface area contributed by atoms with E-state index in [0.29, 0.717) is 11.3 Å². The number of fused-ring (bicyclic) bond motifs is 1. The quantitative estimate of drug-likeness (QED) is 0.853. The van der Waals surface area contributed by atoms with Crippen molar-refractivity contribution in [3.8, 4) is 0 Å². The van der Waals surface area contributed by atoms with Crippen molar-refractivity contribution in [1.82, 2.24) is 15.1 Å². The van der Waals surface area contributed by atoms with Gasteiger partial charge in [0.15, 0.2) is 0 Å². The van der Waals surface area contributed by atoms with Gasteiger partial charge in [0, 0.05) is 30.8 Å². The number of aliphatic hydroxyl groups excluding tert-OH is 1. The van der Waals surface area contributed by atoms with E-state index >= 15 is 0 Å². The highest BCUT2D eigenvalue weighted by molar-refractivity contribution is 7.98. The number of aromatic nitrogens is 2. The molecule has 2 heterocycles. The number of nitrogens with zero attached hydrogens (tertiary/aromatic N) is 2. The van der Waals surface area contributed by atoms with Gasteiger partial charge in [0.05, 0.1) is 10.6 Å². The van der Waals surface area contributed by atoms with E-state index in [-0.39, 0.29) is 18.6 Å². The number of amides is 1. The number of thiophene rings is 1. The highest BCUT2D eigenvalue weighted by Crippen LogP contribution is 2.27. The molecule has 7 heteroatoms. The fourth-order valence-electron chi connectivity index (χ4n) is 2.13. The molecule has 0 aliphatic carbocycles. The Labute approximate surface area is 126 Å². The highest BCUT2D eigenvalue weighted by Gasteiger charge is 2.17. The second kappa shape index (κ2) is 6.60. The second-order valence-corrected chi connectivity index (χ2v) is 6.62. The van der Waals surface area contributed by atoms with E-state index < -0.39 is 0 Å². The van der Waals surface area contributed by atoms with Crippen molar-refractivity contribution in [2.24, 2.45) is 7.05 Å². The van der Waals surface area contributed by atoms with E-state index in [1.807, 2.05) is 26.3 Å². The predicted molar refractivity (Wildman–Crippen MR) is 84.7 cm³/mol. The van der Waals surface area contributed by atoms with Crippen molar-refractivity contribution in [3.63, 3.8) is 0 Å². The average molecular weight is 313 g/mol. The molecule has 20 heavy (non-hydrogen) atoms. The van der Waals surface area contributed by atoms with Crippen LogP contribution in [0.1, 0.15) is 21.8 Å². The smallest absolute Gasteiger partial charge is 0.261 e. The molecule has 1 atom stereocenters. The van der Waals surface area contributed by atoms with Gasteiger partial charge in [0.2, 0.25) is 0 Å². The zero-order valence-corrected chi connectivity index (χ0v) is 13.5. The largest absolute Gasteiger partial charge is 0.396 e. The van der Waals surface area contributed by atoms with Crippen molar-refractivity contribution in [1.29, 1.82) is 0 Å². The number of aliphatic hydroxyl groups is 1. The van der Waals surface area contributed by atoms with Gasteiger partial charge in [-0.3, -0.25) is 9.48 Å². The summed E-state index contributed by atoms with van der Waals surface area (Å²) in [5.41, 5.74) is 0.939. The van der Waals surface area contributed by atoms with E-state index in [9.17, 15) is 4.79 Å². The minimum absolute atomic E-state index is 0.00642. The number of aryl methyl sites for hydroxylation is 2. The fraction of sp³-hybridized carbons (Fsp3) is 0.538. The first-order valence-electron chi connectivity index (χ1n) is 6.40. The maximum atomic E-state index is 12.3. The molecule has 0 aliphatic rings. The third-order valence-electron chi connectivity index (χ3n) is 3.10. The molecule has 0 aromatic carbocycles. The van der Waals surface area contributed by atoms with Crippen molar-refractivity contribution >= 4 is 39.2 Å². The van der Waals surface area contributed by atoms with Gasteiger partial charge in [-0.2, -0.15) is 16.9 Å². The summed E-state index contributed by atoms with van der Waals surface area (Å²) >= 11 is 3.11. The fourth-order valence-corrected chi connectivity index (χ4v) is 3.81. The van der Waals surface area contributed by atoms with Crippen LogP contribution in [0.15, 0.2) is 6.07 Å². The average Bonchev–Trinajstić information content (AvgIpc) is 2.93. The first-order valence-corrected chi connectivity index (χ1v) is 8.61. The number of carbonyl (C=O) groups is 1. The lowest BCUT2D eigenvalue weighted by molar-refractivity contribution is 0.0939. The number of hydrogen-bond donors (Lipinski definition) is 2. The summed E-state index contributed by atoms with van der Waals surface area (Å²) < 4.78 is 1.80. The lowest BCUT2D eigenvalue weighted by Crippen LogP contribution is -2.36. The molecule has 0 fully saturated rings. The molecule has 0 bridgehead atoms.